The zero-order valence-corrected chi connectivity index (χ0v) is 14.1. The van der Waals surface area contributed by atoms with E-state index in [-0.39, 0.29) is 11.8 Å². The maximum absolute atomic E-state index is 12.1. The number of rotatable bonds is 7. The van der Waals surface area contributed by atoms with Crippen LogP contribution in [0.1, 0.15) is 26.3 Å². The number of aryl methyl sites for hydroxylation is 1. The second kappa shape index (κ2) is 7.91. The summed E-state index contributed by atoms with van der Waals surface area (Å²) in [6, 6.07) is 6.18. The zero-order chi connectivity index (χ0) is 16.0. The topological polar surface area (TPSA) is 32.8 Å². The van der Waals surface area contributed by atoms with Crippen LogP contribution in [0.2, 0.25) is 0 Å². The largest absolute Gasteiger partial charge is 0.496 e. The lowest BCUT2D eigenvalue weighted by Crippen LogP contribution is -2.39. The first-order valence-electron chi connectivity index (χ1n) is 7.55. The minimum absolute atomic E-state index is 0.0507. The number of methoxy groups -OCH3 is 1. The summed E-state index contributed by atoms with van der Waals surface area (Å²) in [4.78, 5) is 16.1. The molecular weight excluding hydrogens is 264 g/mol. The number of amides is 1. The molecule has 1 aromatic carbocycles. The number of nitrogens with zero attached hydrogens (tertiary/aromatic N) is 2. The van der Waals surface area contributed by atoms with Crippen LogP contribution in [0.4, 0.5) is 5.69 Å². The summed E-state index contributed by atoms with van der Waals surface area (Å²) in [5.41, 5.74) is 2.23. The van der Waals surface area contributed by atoms with Gasteiger partial charge in [0.2, 0.25) is 5.91 Å². The molecule has 0 heterocycles. The quantitative estimate of drug-likeness (QED) is 0.774. The van der Waals surface area contributed by atoms with Gasteiger partial charge in [-0.05, 0) is 25.5 Å². The Kier molecular flexibility index (Phi) is 6.53. The molecule has 0 bridgehead atoms. The van der Waals surface area contributed by atoms with Crippen LogP contribution in [0.3, 0.4) is 0 Å². The first kappa shape index (κ1) is 17.3. The molecule has 0 aliphatic rings. The Labute approximate surface area is 128 Å². The van der Waals surface area contributed by atoms with Gasteiger partial charge in [-0.3, -0.25) is 4.79 Å². The first-order valence-corrected chi connectivity index (χ1v) is 7.55. The molecule has 4 heteroatoms. The molecule has 0 unspecified atom stereocenters. The van der Waals surface area contributed by atoms with Gasteiger partial charge in [0.25, 0.3) is 0 Å². The van der Waals surface area contributed by atoms with E-state index < -0.39 is 0 Å². The second-order valence-corrected chi connectivity index (χ2v) is 5.65. The highest BCUT2D eigenvalue weighted by Crippen LogP contribution is 2.24. The van der Waals surface area contributed by atoms with Gasteiger partial charge in [0, 0.05) is 44.4 Å². The number of hydrogen-bond acceptors (Lipinski definition) is 3. The van der Waals surface area contributed by atoms with Gasteiger partial charge in [-0.2, -0.15) is 0 Å². The van der Waals surface area contributed by atoms with Crippen LogP contribution in [-0.2, 0) is 4.79 Å². The van der Waals surface area contributed by atoms with Crippen molar-refractivity contribution in [2.75, 3.05) is 38.7 Å². The summed E-state index contributed by atoms with van der Waals surface area (Å²) in [6.45, 7) is 10.2. The van der Waals surface area contributed by atoms with Crippen molar-refractivity contribution in [3.8, 4) is 5.75 Å². The molecule has 0 spiro atoms. The normalized spacial score (nSPS) is 10.6. The molecule has 118 valence electrons. The van der Waals surface area contributed by atoms with Crippen molar-refractivity contribution in [2.45, 2.75) is 27.7 Å². The van der Waals surface area contributed by atoms with Crippen LogP contribution in [0.25, 0.3) is 0 Å². The van der Waals surface area contributed by atoms with Gasteiger partial charge >= 0.3 is 0 Å². The molecule has 0 aliphatic carbocycles. The molecular formula is C17H28N2O2. The number of benzene rings is 1. The highest BCUT2D eigenvalue weighted by Gasteiger charge is 2.15. The van der Waals surface area contributed by atoms with Crippen molar-refractivity contribution >= 4 is 11.6 Å². The highest BCUT2D eigenvalue weighted by atomic mass is 16.5. The second-order valence-electron chi connectivity index (χ2n) is 5.65. The van der Waals surface area contributed by atoms with Crippen LogP contribution in [0, 0.1) is 12.8 Å². The molecule has 21 heavy (non-hydrogen) atoms. The molecule has 1 aromatic rings. The summed E-state index contributed by atoms with van der Waals surface area (Å²) in [6.07, 6.45) is 0. The molecule has 0 atom stereocenters. The van der Waals surface area contributed by atoms with E-state index >= 15 is 0 Å². The number of likely N-dealkylation sites (N-methyl/N-ethyl adjacent to an activating group) is 2. The van der Waals surface area contributed by atoms with Crippen LogP contribution >= 0.6 is 0 Å². The third-order valence-corrected chi connectivity index (χ3v) is 3.73. The SMILES string of the molecule is CCN(CCN(C)c1ccc(C)c(OC)c1)C(=O)C(C)C. The minimum Gasteiger partial charge on any atom is -0.496 e. The molecule has 0 fully saturated rings. The highest BCUT2D eigenvalue weighted by molar-refractivity contribution is 5.78. The Morgan fingerprint density at radius 3 is 2.48 bits per heavy atom. The fourth-order valence-corrected chi connectivity index (χ4v) is 2.24. The summed E-state index contributed by atoms with van der Waals surface area (Å²) in [5.74, 6) is 1.16. The molecule has 1 rings (SSSR count). The Morgan fingerprint density at radius 1 is 1.29 bits per heavy atom. The third-order valence-electron chi connectivity index (χ3n) is 3.73. The van der Waals surface area contributed by atoms with Crippen molar-refractivity contribution in [3.63, 3.8) is 0 Å². The zero-order valence-electron chi connectivity index (χ0n) is 14.1. The molecule has 0 radical (unpaired) electrons. The monoisotopic (exact) mass is 292 g/mol. The van der Waals surface area contributed by atoms with Crippen LogP contribution in [0.15, 0.2) is 18.2 Å². The smallest absolute Gasteiger partial charge is 0.225 e. The van der Waals surface area contributed by atoms with Crippen molar-refractivity contribution in [1.29, 1.82) is 0 Å². The van der Waals surface area contributed by atoms with E-state index in [9.17, 15) is 4.79 Å². The summed E-state index contributed by atoms with van der Waals surface area (Å²) in [5, 5.41) is 0. The van der Waals surface area contributed by atoms with Crippen molar-refractivity contribution < 1.29 is 9.53 Å². The van der Waals surface area contributed by atoms with Crippen molar-refractivity contribution in [1.82, 2.24) is 4.90 Å². The lowest BCUT2D eigenvalue weighted by Gasteiger charge is -2.27. The molecule has 4 nitrogen and oxygen atoms in total. The van der Waals surface area contributed by atoms with Crippen LogP contribution in [-0.4, -0.2) is 44.6 Å². The van der Waals surface area contributed by atoms with Crippen LogP contribution in [0.5, 0.6) is 5.75 Å². The molecule has 1 amide bonds. The molecule has 0 saturated carbocycles. The molecule has 0 saturated heterocycles. The minimum atomic E-state index is 0.0507. The van der Waals surface area contributed by atoms with Gasteiger partial charge in [-0.1, -0.05) is 19.9 Å². The maximum Gasteiger partial charge on any atom is 0.225 e. The number of carbonyl (C=O) groups excluding carboxylic acids is 1. The van der Waals surface area contributed by atoms with E-state index in [1.165, 1.54) is 0 Å². The number of hydrogen-bond donors (Lipinski definition) is 0. The standard InChI is InChI=1S/C17H28N2O2/c1-7-19(17(20)13(2)3)11-10-18(5)15-9-8-14(4)16(12-15)21-6/h8-9,12-13H,7,10-11H2,1-6H3. The van der Waals surface area contributed by atoms with Gasteiger partial charge in [-0.15, -0.1) is 0 Å². The summed E-state index contributed by atoms with van der Waals surface area (Å²) >= 11 is 0. The van der Waals surface area contributed by atoms with E-state index in [0.29, 0.717) is 0 Å². The number of carbonyl (C=O) groups is 1. The van der Waals surface area contributed by atoms with Crippen molar-refractivity contribution in [3.05, 3.63) is 23.8 Å². The molecule has 0 aromatic heterocycles. The molecule has 0 aliphatic heterocycles. The lowest BCUT2D eigenvalue weighted by atomic mass is 10.2. The Hall–Kier alpha value is -1.71. The van der Waals surface area contributed by atoms with Crippen LogP contribution < -0.4 is 9.64 Å². The maximum atomic E-state index is 12.1. The van der Waals surface area contributed by atoms with E-state index in [1.807, 2.05) is 45.7 Å². The van der Waals surface area contributed by atoms with Gasteiger partial charge in [-0.25, -0.2) is 0 Å². The van der Waals surface area contributed by atoms with E-state index in [0.717, 1.165) is 36.6 Å². The average molecular weight is 292 g/mol. The first-order chi connectivity index (χ1) is 9.90. The van der Waals surface area contributed by atoms with E-state index in [2.05, 4.69) is 17.0 Å². The fourth-order valence-electron chi connectivity index (χ4n) is 2.24. The van der Waals surface area contributed by atoms with Gasteiger partial charge in [0.05, 0.1) is 7.11 Å². The predicted octanol–water partition coefficient (Wildman–Crippen LogP) is 2.94. The third kappa shape index (κ3) is 4.66. The van der Waals surface area contributed by atoms with Gasteiger partial charge < -0.3 is 14.5 Å². The Bertz CT molecular complexity index is 472. The average Bonchev–Trinajstić information content (AvgIpc) is 2.47. The fraction of sp³-hybridized carbons (Fsp3) is 0.588. The Balaban J connectivity index is 2.68. The lowest BCUT2D eigenvalue weighted by molar-refractivity contribution is -0.134. The Morgan fingerprint density at radius 2 is 1.95 bits per heavy atom. The van der Waals surface area contributed by atoms with E-state index in [1.54, 1.807) is 7.11 Å². The predicted molar refractivity (Wildman–Crippen MR) is 88.1 cm³/mol. The number of anilines is 1. The summed E-state index contributed by atoms with van der Waals surface area (Å²) < 4.78 is 5.36. The van der Waals surface area contributed by atoms with Crippen molar-refractivity contribution in [2.24, 2.45) is 5.92 Å². The molecule has 0 N–H and O–H groups in total. The summed E-state index contributed by atoms with van der Waals surface area (Å²) in [7, 11) is 3.73. The van der Waals surface area contributed by atoms with E-state index in [4.69, 9.17) is 4.74 Å². The number of ether oxygens (including phenoxy) is 1. The van der Waals surface area contributed by atoms with Gasteiger partial charge in [0.1, 0.15) is 5.75 Å². The van der Waals surface area contributed by atoms with Gasteiger partial charge in [0.15, 0.2) is 0 Å².